The molecule has 0 aliphatic carbocycles. The second kappa shape index (κ2) is 4.66. The van der Waals surface area contributed by atoms with Crippen LogP contribution < -0.4 is 10.2 Å². The van der Waals surface area contributed by atoms with Crippen molar-refractivity contribution in [2.75, 3.05) is 16.8 Å². The molecule has 0 bridgehead atoms. The lowest BCUT2D eigenvalue weighted by Gasteiger charge is -2.28. The molecule has 5 nitrogen and oxygen atoms in total. The second-order valence-corrected chi connectivity index (χ2v) is 3.70. The van der Waals surface area contributed by atoms with Crippen LogP contribution in [0.5, 0.6) is 0 Å². The first-order chi connectivity index (χ1) is 8.22. The number of benzene rings is 1. The molecule has 0 unspecified atom stereocenters. The Labute approximate surface area is 98.6 Å². The van der Waals surface area contributed by atoms with Crippen LogP contribution in [0.15, 0.2) is 24.3 Å². The van der Waals surface area contributed by atoms with Crippen LogP contribution >= 0.6 is 0 Å². The van der Waals surface area contributed by atoms with Gasteiger partial charge in [0, 0.05) is 12.8 Å². The summed E-state index contributed by atoms with van der Waals surface area (Å²) in [5.41, 5.74) is 1.32. The number of carbonyl (C=O) groups excluding carboxylic acids is 2. The monoisotopic (exact) mass is 229 g/mol. The Kier molecular flexibility index (Phi) is 3.06. The van der Waals surface area contributed by atoms with Crippen LogP contribution in [0.1, 0.15) is 12.8 Å². The molecule has 0 radical (unpaired) electrons. The van der Waals surface area contributed by atoms with Crippen molar-refractivity contribution in [2.24, 2.45) is 0 Å². The summed E-state index contributed by atoms with van der Waals surface area (Å²) >= 11 is 0. The standard InChI is InChI=1S/C12H11N3O2/c13-7-3-6-12(17)15-8-11(16)14-9-4-1-2-5-10(9)15/h1-2,4-5H,3,6,8H2,(H,14,16). The molecular weight excluding hydrogens is 218 g/mol. The van der Waals surface area contributed by atoms with Gasteiger partial charge in [0.15, 0.2) is 0 Å². The molecule has 0 saturated carbocycles. The molecule has 1 aliphatic rings. The number of fused-ring (bicyclic) bond motifs is 1. The predicted octanol–water partition coefficient (Wildman–Crippen LogP) is 1.28. The van der Waals surface area contributed by atoms with Gasteiger partial charge in [-0.1, -0.05) is 12.1 Å². The van der Waals surface area contributed by atoms with Gasteiger partial charge in [0.1, 0.15) is 6.54 Å². The third kappa shape index (κ3) is 2.26. The molecule has 0 saturated heterocycles. The van der Waals surface area contributed by atoms with Crippen LogP contribution in [0.4, 0.5) is 11.4 Å². The Morgan fingerprint density at radius 1 is 1.47 bits per heavy atom. The van der Waals surface area contributed by atoms with Gasteiger partial charge in [0.2, 0.25) is 11.8 Å². The second-order valence-electron chi connectivity index (χ2n) is 3.70. The van der Waals surface area contributed by atoms with Crippen molar-refractivity contribution in [1.29, 1.82) is 5.26 Å². The number of nitrogens with one attached hydrogen (secondary N) is 1. The van der Waals surface area contributed by atoms with Crippen molar-refractivity contribution in [3.05, 3.63) is 24.3 Å². The lowest BCUT2D eigenvalue weighted by atomic mass is 10.1. The first-order valence-electron chi connectivity index (χ1n) is 5.28. The number of amides is 2. The van der Waals surface area contributed by atoms with Gasteiger partial charge in [0.25, 0.3) is 0 Å². The van der Waals surface area contributed by atoms with Crippen LogP contribution in [0.2, 0.25) is 0 Å². The van der Waals surface area contributed by atoms with E-state index >= 15 is 0 Å². The van der Waals surface area contributed by atoms with Gasteiger partial charge in [-0.25, -0.2) is 0 Å². The summed E-state index contributed by atoms with van der Waals surface area (Å²) in [6.45, 7) is 0.0152. The summed E-state index contributed by atoms with van der Waals surface area (Å²) in [6.07, 6.45) is 0.303. The minimum absolute atomic E-state index is 0.0152. The largest absolute Gasteiger partial charge is 0.323 e. The minimum Gasteiger partial charge on any atom is -0.323 e. The van der Waals surface area contributed by atoms with E-state index in [0.29, 0.717) is 11.4 Å². The van der Waals surface area contributed by atoms with E-state index in [1.54, 1.807) is 24.3 Å². The molecule has 5 heteroatoms. The van der Waals surface area contributed by atoms with Crippen LogP contribution in [0.25, 0.3) is 0 Å². The zero-order valence-corrected chi connectivity index (χ0v) is 9.14. The average Bonchev–Trinajstić information content (AvgIpc) is 2.34. The van der Waals surface area contributed by atoms with Crippen LogP contribution in [0, 0.1) is 11.3 Å². The van der Waals surface area contributed by atoms with E-state index in [4.69, 9.17) is 5.26 Å². The molecule has 86 valence electrons. The molecule has 1 N–H and O–H groups in total. The van der Waals surface area contributed by atoms with Gasteiger partial charge < -0.3 is 10.2 Å². The van der Waals surface area contributed by atoms with E-state index in [1.165, 1.54) is 4.90 Å². The summed E-state index contributed by atoms with van der Waals surface area (Å²) in [5, 5.41) is 11.2. The molecule has 2 rings (SSSR count). The highest BCUT2D eigenvalue weighted by molar-refractivity contribution is 6.09. The molecule has 0 spiro atoms. The summed E-state index contributed by atoms with van der Waals surface area (Å²) in [5.74, 6) is -0.414. The van der Waals surface area contributed by atoms with Crippen LogP contribution in [-0.4, -0.2) is 18.4 Å². The fraction of sp³-hybridized carbons (Fsp3) is 0.250. The number of hydrogen-bond acceptors (Lipinski definition) is 3. The Morgan fingerprint density at radius 2 is 2.24 bits per heavy atom. The van der Waals surface area contributed by atoms with Crippen molar-refractivity contribution < 1.29 is 9.59 Å². The van der Waals surface area contributed by atoms with Gasteiger partial charge >= 0.3 is 0 Å². The number of hydrogen-bond donors (Lipinski definition) is 1. The van der Waals surface area contributed by atoms with Crippen molar-refractivity contribution in [2.45, 2.75) is 12.8 Å². The van der Waals surface area contributed by atoms with E-state index in [2.05, 4.69) is 5.32 Å². The summed E-state index contributed by atoms with van der Waals surface area (Å²) in [4.78, 5) is 24.7. The third-order valence-electron chi connectivity index (χ3n) is 2.52. The van der Waals surface area contributed by atoms with Gasteiger partial charge in [-0.05, 0) is 12.1 Å². The fourth-order valence-electron chi connectivity index (χ4n) is 1.75. The molecule has 0 fully saturated rings. The van der Waals surface area contributed by atoms with Crippen molar-refractivity contribution in [3.8, 4) is 6.07 Å². The number of anilines is 2. The lowest BCUT2D eigenvalue weighted by molar-refractivity contribution is -0.121. The van der Waals surface area contributed by atoms with Crippen LogP contribution in [0.3, 0.4) is 0 Å². The minimum atomic E-state index is -0.214. The maximum absolute atomic E-state index is 11.9. The molecular formula is C12H11N3O2. The predicted molar refractivity (Wildman–Crippen MR) is 62.3 cm³/mol. The SMILES string of the molecule is N#CCCC(=O)N1CC(=O)Nc2ccccc21. The van der Waals surface area contributed by atoms with Crippen molar-refractivity contribution in [1.82, 2.24) is 0 Å². The van der Waals surface area contributed by atoms with Gasteiger partial charge in [-0.15, -0.1) is 0 Å². The normalized spacial score (nSPS) is 13.6. The molecule has 2 amide bonds. The molecule has 17 heavy (non-hydrogen) atoms. The smallest absolute Gasteiger partial charge is 0.244 e. The van der Waals surface area contributed by atoms with Gasteiger partial charge in [-0.3, -0.25) is 9.59 Å². The topological polar surface area (TPSA) is 73.2 Å². The van der Waals surface area contributed by atoms with Gasteiger partial charge in [0.05, 0.1) is 17.4 Å². The Balaban J connectivity index is 2.27. The highest BCUT2D eigenvalue weighted by atomic mass is 16.2. The fourth-order valence-corrected chi connectivity index (χ4v) is 1.75. The number of nitrogens with zero attached hydrogens (tertiary/aromatic N) is 2. The van der Waals surface area contributed by atoms with Gasteiger partial charge in [-0.2, -0.15) is 5.26 Å². The third-order valence-corrected chi connectivity index (χ3v) is 2.52. The van der Waals surface area contributed by atoms with E-state index in [1.807, 2.05) is 6.07 Å². The lowest BCUT2D eigenvalue weighted by Crippen LogP contribution is -2.42. The summed E-state index contributed by atoms with van der Waals surface area (Å²) in [7, 11) is 0. The quantitative estimate of drug-likeness (QED) is 0.830. The average molecular weight is 229 g/mol. The highest BCUT2D eigenvalue weighted by Crippen LogP contribution is 2.29. The highest BCUT2D eigenvalue weighted by Gasteiger charge is 2.25. The van der Waals surface area contributed by atoms with E-state index in [0.717, 1.165) is 0 Å². The molecule has 0 aromatic heterocycles. The van der Waals surface area contributed by atoms with Crippen molar-refractivity contribution in [3.63, 3.8) is 0 Å². The maximum atomic E-state index is 11.9. The zero-order valence-electron chi connectivity index (χ0n) is 9.14. The number of para-hydroxylation sites is 2. The first kappa shape index (κ1) is 11.1. The zero-order chi connectivity index (χ0) is 12.3. The molecule has 1 aromatic rings. The molecule has 1 aromatic carbocycles. The Hall–Kier alpha value is -2.35. The number of nitriles is 1. The Morgan fingerprint density at radius 3 is 3.00 bits per heavy atom. The number of carbonyl (C=O) groups is 2. The van der Waals surface area contributed by atoms with E-state index in [-0.39, 0.29) is 31.2 Å². The molecule has 0 atom stereocenters. The maximum Gasteiger partial charge on any atom is 0.244 e. The first-order valence-corrected chi connectivity index (χ1v) is 5.28. The van der Waals surface area contributed by atoms with Crippen LogP contribution in [-0.2, 0) is 9.59 Å². The molecule has 1 heterocycles. The molecule has 1 aliphatic heterocycles. The summed E-state index contributed by atoms with van der Waals surface area (Å²) in [6, 6.07) is 9.05. The summed E-state index contributed by atoms with van der Waals surface area (Å²) < 4.78 is 0. The number of rotatable bonds is 2. The van der Waals surface area contributed by atoms with E-state index in [9.17, 15) is 9.59 Å². The van der Waals surface area contributed by atoms with Crippen molar-refractivity contribution >= 4 is 23.2 Å². The Bertz CT molecular complexity index is 505. The van der Waals surface area contributed by atoms with E-state index < -0.39 is 0 Å².